The summed E-state index contributed by atoms with van der Waals surface area (Å²) in [7, 11) is 3.02. The number of allylic oxidation sites excluding steroid dienone is 1. The molecule has 1 aromatic heterocycles. The summed E-state index contributed by atoms with van der Waals surface area (Å²) >= 11 is 0. The Morgan fingerprint density at radius 1 is 1.09 bits per heavy atom. The molecule has 170 valence electrons. The van der Waals surface area contributed by atoms with Crippen molar-refractivity contribution >= 4 is 22.7 Å². The molecule has 2 aromatic carbocycles. The summed E-state index contributed by atoms with van der Waals surface area (Å²) in [6, 6.07) is 12.0. The van der Waals surface area contributed by atoms with Gasteiger partial charge in [0.1, 0.15) is 11.6 Å². The lowest BCUT2D eigenvalue weighted by Gasteiger charge is -2.25. The third-order valence-corrected chi connectivity index (χ3v) is 5.55. The second-order valence-corrected chi connectivity index (χ2v) is 7.78. The molecule has 1 heterocycles. The van der Waals surface area contributed by atoms with Crippen molar-refractivity contribution in [2.75, 3.05) is 25.8 Å². The highest BCUT2D eigenvalue weighted by molar-refractivity contribution is 5.92. The van der Waals surface area contributed by atoms with Gasteiger partial charge in [-0.3, -0.25) is 0 Å². The molecule has 1 N–H and O–H groups in total. The molecule has 1 aliphatic carbocycles. The molecule has 32 heavy (non-hydrogen) atoms. The Labute approximate surface area is 185 Å². The number of methoxy groups -OCH3 is 1. The Bertz CT molecular complexity index is 1110. The number of hydrogen-bond donors (Lipinski definition) is 1. The van der Waals surface area contributed by atoms with E-state index in [2.05, 4.69) is 0 Å². The van der Waals surface area contributed by atoms with Crippen LogP contribution in [0.3, 0.4) is 0 Å². The predicted octanol–water partition coefficient (Wildman–Crippen LogP) is 4.54. The Balaban J connectivity index is 1.58. The van der Waals surface area contributed by atoms with Crippen molar-refractivity contribution in [3.05, 3.63) is 70.9 Å². The van der Waals surface area contributed by atoms with Gasteiger partial charge in [0.05, 0.1) is 38.6 Å². The molecule has 0 aliphatic heterocycles. The van der Waals surface area contributed by atoms with Gasteiger partial charge in [0.25, 0.3) is 0 Å². The standard InChI is InChI=1S/C24H26F2N2O4/c1-30-15-16-3-7-19(8-4-16)28(32-31-2)14-20(29)13-27-23-9-5-17(25)11-21(23)22-12-18(26)6-10-24(22)27/h3-5,7-9,11-12,20,29H,6,10,13-15H2,1-2H3. The monoisotopic (exact) mass is 444 g/mol. The number of anilines is 1. The predicted molar refractivity (Wildman–Crippen MR) is 118 cm³/mol. The summed E-state index contributed by atoms with van der Waals surface area (Å²) in [5.74, 6) is -0.605. The highest BCUT2D eigenvalue weighted by Crippen LogP contribution is 2.34. The van der Waals surface area contributed by atoms with Crippen LogP contribution < -0.4 is 5.06 Å². The first kappa shape index (κ1) is 22.4. The van der Waals surface area contributed by atoms with Gasteiger partial charge in [-0.25, -0.2) is 18.7 Å². The van der Waals surface area contributed by atoms with E-state index in [0.29, 0.717) is 29.7 Å². The minimum Gasteiger partial charge on any atom is -0.389 e. The number of rotatable bonds is 9. The Kier molecular flexibility index (Phi) is 6.86. The first-order chi connectivity index (χ1) is 15.5. The van der Waals surface area contributed by atoms with E-state index >= 15 is 0 Å². The normalized spacial score (nSPS) is 14.3. The maximum Gasteiger partial charge on any atom is 0.123 e. The number of hydrogen-bond acceptors (Lipinski definition) is 5. The molecule has 6 nitrogen and oxygen atoms in total. The minimum atomic E-state index is -0.843. The highest BCUT2D eigenvalue weighted by Gasteiger charge is 2.23. The van der Waals surface area contributed by atoms with Crippen molar-refractivity contribution in [1.82, 2.24) is 4.57 Å². The molecule has 1 aliphatic rings. The van der Waals surface area contributed by atoms with Crippen LogP contribution in [0.15, 0.2) is 48.3 Å². The van der Waals surface area contributed by atoms with E-state index in [4.69, 9.17) is 14.6 Å². The van der Waals surface area contributed by atoms with Gasteiger partial charge in [0.2, 0.25) is 0 Å². The minimum absolute atomic E-state index is 0.122. The summed E-state index contributed by atoms with van der Waals surface area (Å²) in [6.07, 6.45) is 1.39. The number of aliphatic hydroxyl groups excluding tert-OH is 1. The molecular formula is C24H26F2N2O4. The van der Waals surface area contributed by atoms with Gasteiger partial charge in [-0.1, -0.05) is 12.1 Å². The molecule has 0 bridgehead atoms. The van der Waals surface area contributed by atoms with Gasteiger partial charge in [0.15, 0.2) is 0 Å². The summed E-state index contributed by atoms with van der Waals surface area (Å²) in [5.41, 5.74) is 4.03. The van der Waals surface area contributed by atoms with Crippen molar-refractivity contribution < 1.29 is 28.5 Å². The highest BCUT2D eigenvalue weighted by atomic mass is 19.1. The Hall–Kier alpha value is -2.78. The second-order valence-electron chi connectivity index (χ2n) is 7.78. The average molecular weight is 444 g/mol. The van der Waals surface area contributed by atoms with Gasteiger partial charge < -0.3 is 14.4 Å². The van der Waals surface area contributed by atoms with Gasteiger partial charge in [-0.2, -0.15) is 0 Å². The summed E-state index contributed by atoms with van der Waals surface area (Å²) < 4.78 is 34.9. The molecule has 1 unspecified atom stereocenters. The third kappa shape index (κ3) is 4.68. The van der Waals surface area contributed by atoms with E-state index in [1.165, 1.54) is 30.4 Å². The number of fused-ring (bicyclic) bond motifs is 3. The molecule has 8 heteroatoms. The van der Waals surface area contributed by atoms with E-state index in [-0.39, 0.29) is 31.2 Å². The molecule has 3 aromatic rings. The molecule has 0 fully saturated rings. The van der Waals surface area contributed by atoms with Crippen molar-refractivity contribution in [2.24, 2.45) is 0 Å². The van der Waals surface area contributed by atoms with E-state index in [1.54, 1.807) is 13.2 Å². The first-order valence-corrected chi connectivity index (χ1v) is 10.4. The summed E-state index contributed by atoms with van der Waals surface area (Å²) in [5, 5.41) is 13.0. The summed E-state index contributed by atoms with van der Waals surface area (Å²) in [4.78, 5) is 10.1. The van der Waals surface area contributed by atoms with Crippen molar-refractivity contribution in [2.45, 2.75) is 32.1 Å². The maximum absolute atomic E-state index is 13.9. The largest absolute Gasteiger partial charge is 0.389 e. The van der Waals surface area contributed by atoms with Crippen LogP contribution in [0, 0.1) is 5.82 Å². The van der Waals surface area contributed by atoms with Crippen molar-refractivity contribution in [3.8, 4) is 0 Å². The van der Waals surface area contributed by atoms with Crippen LogP contribution in [0.4, 0.5) is 14.5 Å². The zero-order valence-electron chi connectivity index (χ0n) is 18.1. The van der Waals surface area contributed by atoms with Crippen LogP contribution in [0.25, 0.3) is 17.0 Å². The molecule has 4 rings (SSSR count). The van der Waals surface area contributed by atoms with E-state index < -0.39 is 6.10 Å². The number of aromatic nitrogens is 1. The van der Waals surface area contributed by atoms with Crippen LogP contribution >= 0.6 is 0 Å². The lowest BCUT2D eigenvalue weighted by Crippen LogP contribution is -2.35. The Morgan fingerprint density at radius 2 is 1.88 bits per heavy atom. The van der Waals surface area contributed by atoms with Crippen molar-refractivity contribution in [1.29, 1.82) is 0 Å². The third-order valence-electron chi connectivity index (χ3n) is 5.55. The van der Waals surface area contributed by atoms with Crippen molar-refractivity contribution in [3.63, 3.8) is 0 Å². The van der Waals surface area contributed by atoms with E-state index in [0.717, 1.165) is 16.8 Å². The number of benzene rings is 2. The molecular weight excluding hydrogens is 418 g/mol. The number of aliphatic hydroxyl groups is 1. The number of ether oxygens (including phenoxy) is 1. The molecule has 0 amide bonds. The smallest absolute Gasteiger partial charge is 0.123 e. The first-order valence-electron chi connectivity index (χ1n) is 10.4. The van der Waals surface area contributed by atoms with Crippen LogP contribution in [-0.4, -0.2) is 36.5 Å². The maximum atomic E-state index is 13.9. The topological polar surface area (TPSA) is 56.1 Å². The quantitative estimate of drug-likeness (QED) is 0.388. The number of hydroxylamine groups is 1. The summed E-state index contributed by atoms with van der Waals surface area (Å²) in [6.45, 7) is 0.852. The van der Waals surface area contributed by atoms with Crippen LogP contribution in [0.1, 0.15) is 23.2 Å². The fourth-order valence-corrected chi connectivity index (χ4v) is 4.17. The van der Waals surface area contributed by atoms with Gasteiger partial charge in [0, 0.05) is 35.7 Å². The number of nitrogens with zero attached hydrogens (tertiary/aromatic N) is 2. The van der Waals surface area contributed by atoms with Gasteiger partial charge >= 0.3 is 0 Å². The molecule has 1 atom stereocenters. The lowest BCUT2D eigenvalue weighted by atomic mass is 10.0. The molecule has 0 saturated carbocycles. The SMILES string of the molecule is COCc1ccc(N(CC(O)Cn2c3c(c4cc(F)ccc42)C=C(F)CC3)OOC)cc1. The number of halogens is 2. The van der Waals surface area contributed by atoms with Gasteiger partial charge in [-0.05, 0) is 48.4 Å². The molecule has 0 spiro atoms. The van der Waals surface area contributed by atoms with Crippen LogP contribution in [-0.2, 0) is 34.2 Å². The molecule has 0 radical (unpaired) electrons. The van der Waals surface area contributed by atoms with Gasteiger partial charge in [-0.15, -0.1) is 4.99 Å². The Morgan fingerprint density at radius 3 is 2.59 bits per heavy atom. The fourth-order valence-electron chi connectivity index (χ4n) is 4.17. The molecule has 0 saturated heterocycles. The lowest BCUT2D eigenvalue weighted by molar-refractivity contribution is -0.284. The zero-order valence-corrected chi connectivity index (χ0v) is 18.1. The van der Waals surface area contributed by atoms with E-state index in [1.807, 2.05) is 28.8 Å². The van der Waals surface area contributed by atoms with Crippen LogP contribution in [0.5, 0.6) is 0 Å². The van der Waals surface area contributed by atoms with Crippen LogP contribution in [0.2, 0.25) is 0 Å². The second kappa shape index (κ2) is 9.79. The zero-order chi connectivity index (χ0) is 22.7. The van der Waals surface area contributed by atoms with E-state index in [9.17, 15) is 13.9 Å². The average Bonchev–Trinajstić information content (AvgIpc) is 3.06. The fraction of sp³-hybridized carbons (Fsp3) is 0.333.